The van der Waals surface area contributed by atoms with E-state index in [0.717, 1.165) is 18.5 Å². The van der Waals surface area contributed by atoms with Gasteiger partial charge in [-0.2, -0.15) is 0 Å². The van der Waals surface area contributed by atoms with Crippen LogP contribution in [0, 0.1) is 0 Å². The minimum atomic E-state index is -0.122. The molecule has 0 fully saturated rings. The summed E-state index contributed by atoms with van der Waals surface area (Å²) in [7, 11) is 0. The first-order chi connectivity index (χ1) is 14.0. The van der Waals surface area contributed by atoms with E-state index in [4.69, 9.17) is 0 Å². The summed E-state index contributed by atoms with van der Waals surface area (Å²) in [5.74, 6) is 0.625. The van der Waals surface area contributed by atoms with Crippen LogP contribution in [0.5, 0.6) is 0 Å². The fourth-order valence-electron chi connectivity index (χ4n) is 3.07. The molecule has 2 aromatic carbocycles. The highest BCUT2D eigenvalue weighted by Crippen LogP contribution is 2.24. The van der Waals surface area contributed by atoms with Crippen LogP contribution in [0.4, 0.5) is 0 Å². The van der Waals surface area contributed by atoms with Gasteiger partial charge in [-0.25, -0.2) is 4.98 Å². The maximum absolute atomic E-state index is 13.3. The van der Waals surface area contributed by atoms with Crippen molar-refractivity contribution in [2.75, 3.05) is 12.3 Å². The van der Waals surface area contributed by atoms with Crippen molar-refractivity contribution in [3.05, 3.63) is 64.4 Å². The monoisotopic (exact) mass is 409 g/mol. The molecule has 6 heteroatoms. The number of hydrogen-bond acceptors (Lipinski definition) is 4. The zero-order valence-corrected chi connectivity index (χ0v) is 18.0. The van der Waals surface area contributed by atoms with Crippen molar-refractivity contribution in [3.63, 3.8) is 0 Å². The lowest BCUT2D eigenvalue weighted by Gasteiger charge is -2.15. The van der Waals surface area contributed by atoms with Crippen molar-refractivity contribution in [3.8, 4) is 5.69 Å². The quantitative estimate of drug-likeness (QED) is 0.439. The van der Waals surface area contributed by atoms with Gasteiger partial charge < -0.3 is 5.32 Å². The molecule has 0 spiro atoms. The lowest BCUT2D eigenvalue weighted by molar-refractivity contribution is -0.118. The molecular weight excluding hydrogens is 382 g/mol. The molecule has 0 saturated carbocycles. The summed E-state index contributed by atoms with van der Waals surface area (Å²) in [5.41, 5.74) is 2.52. The van der Waals surface area contributed by atoms with E-state index < -0.39 is 0 Å². The van der Waals surface area contributed by atoms with E-state index in [9.17, 15) is 9.59 Å². The molecule has 0 bridgehead atoms. The molecule has 0 saturated heterocycles. The van der Waals surface area contributed by atoms with Crippen molar-refractivity contribution in [1.82, 2.24) is 14.9 Å². The van der Waals surface area contributed by atoms with E-state index in [0.29, 0.717) is 28.5 Å². The van der Waals surface area contributed by atoms with E-state index in [2.05, 4.69) is 36.3 Å². The summed E-state index contributed by atoms with van der Waals surface area (Å²) in [6.45, 7) is 7.01. The molecular formula is C23H27N3O2S. The van der Waals surface area contributed by atoms with Gasteiger partial charge in [0.25, 0.3) is 5.56 Å². The Balaban J connectivity index is 2.02. The molecule has 0 unspecified atom stereocenters. The van der Waals surface area contributed by atoms with Crippen molar-refractivity contribution in [1.29, 1.82) is 0 Å². The molecule has 1 aromatic heterocycles. The van der Waals surface area contributed by atoms with Crippen molar-refractivity contribution < 1.29 is 4.79 Å². The van der Waals surface area contributed by atoms with Gasteiger partial charge in [-0.15, -0.1) is 0 Å². The Morgan fingerprint density at radius 1 is 1.14 bits per heavy atom. The van der Waals surface area contributed by atoms with E-state index in [1.54, 1.807) is 10.6 Å². The maximum Gasteiger partial charge on any atom is 0.266 e. The number of aromatic nitrogens is 2. The van der Waals surface area contributed by atoms with Gasteiger partial charge in [0, 0.05) is 6.54 Å². The summed E-state index contributed by atoms with van der Waals surface area (Å²) < 4.78 is 1.61. The highest BCUT2D eigenvalue weighted by Gasteiger charge is 2.15. The third-order valence-electron chi connectivity index (χ3n) is 4.98. The molecule has 0 aliphatic heterocycles. The zero-order valence-electron chi connectivity index (χ0n) is 17.1. The largest absolute Gasteiger partial charge is 0.355 e. The van der Waals surface area contributed by atoms with Gasteiger partial charge in [-0.1, -0.05) is 56.8 Å². The third-order valence-corrected chi connectivity index (χ3v) is 5.92. The molecule has 1 heterocycles. The van der Waals surface area contributed by atoms with Gasteiger partial charge in [0.15, 0.2) is 5.16 Å². The Kier molecular flexibility index (Phi) is 7.09. The minimum absolute atomic E-state index is 0.0575. The van der Waals surface area contributed by atoms with Crippen molar-refractivity contribution in [2.45, 2.75) is 44.7 Å². The van der Waals surface area contributed by atoms with Crippen LogP contribution in [0.2, 0.25) is 0 Å². The molecule has 1 N–H and O–H groups in total. The van der Waals surface area contributed by atoms with E-state index in [1.807, 2.05) is 37.3 Å². The fraction of sp³-hybridized carbons (Fsp3) is 0.348. The summed E-state index contributed by atoms with van der Waals surface area (Å²) >= 11 is 1.28. The standard InChI is InChI=1S/C23H27N3O2S/c1-4-14-24-21(27)15-29-23-25-20-9-7-6-8-19(20)22(28)26(23)18-12-10-17(11-13-18)16(3)5-2/h6-13,16H,4-5,14-15H2,1-3H3,(H,24,27)/t16-/m1/s1. The van der Waals surface area contributed by atoms with E-state index in [1.165, 1.54) is 17.3 Å². The topological polar surface area (TPSA) is 64.0 Å². The number of nitrogens with one attached hydrogen (secondary N) is 1. The second-order valence-electron chi connectivity index (χ2n) is 7.09. The molecule has 0 aliphatic carbocycles. The average molecular weight is 410 g/mol. The molecule has 0 aliphatic rings. The van der Waals surface area contributed by atoms with Crippen LogP contribution in [-0.4, -0.2) is 27.8 Å². The summed E-state index contributed by atoms with van der Waals surface area (Å²) in [4.78, 5) is 30.0. The van der Waals surface area contributed by atoms with Crippen molar-refractivity contribution >= 4 is 28.6 Å². The number of rotatable bonds is 8. The predicted octanol–water partition coefficient (Wildman–Crippen LogP) is 4.52. The molecule has 0 radical (unpaired) electrons. The number of para-hydroxylation sites is 1. The fourth-order valence-corrected chi connectivity index (χ4v) is 3.91. The predicted molar refractivity (Wildman–Crippen MR) is 120 cm³/mol. The number of carbonyl (C=O) groups excluding carboxylic acids is 1. The zero-order chi connectivity index (χ0) is 20.8. The lowest BCUT2D eigenvalue weighted by Crippen LogP contribution is -2.27. The molecule has 1 amide bonds. The second kappa shape index (κ2) is 9.74. The number of benzene rings is 2. The number of carbonyl (C=O) groups is 1. The molecule has 29 heavy (non-hydrogen) atoms. The van der Waals surface area contributed by atoms with Crippen LogP contribution in [-0.2, 0) is 4.79 Å². The first kappa shape index (κ1) is 21.1. The SMILES string of the molecule is CCCNC(=O)CSc1nc2ccccc2c(=O)n1-c1ccc([C@H](C)CC)cc1. The van der Waals surface area contributed by atoms with Crippen LogP contribution < -0.4 is 10.9 Å². The Morgan fingerprint density at radius 2 is 1.86 bits per heavy atom. The normalized spacial score (nSPS) is 12.1. The number of thioether (sulfide) groups is 1. The first-order valence-electron chi connectivity index (χ1n) is 10.1. The lowest BCUT2D eigenvalue weighted by atomic mass is 9.98. The van der Waals surface area contributed by atoms with Crippen LogP contribution in [0.15, 0.2) is 58.5 Å². The molecule has 3 rings (SSSR count). The van der Waals surface area contributed by atoms with Gasteiger partial charge in [0.2, 0.25) is 5.91 Å². The van der Waals surface area contributed by atoms with Crippen LogP contribution >= 0.6 is 11.8 Å². The van der Waals surface area contributed by atoms with Crippen molar-refractivity contribution in [2.24, 2.45) is 0 Å². The highest BCUT2D eigenvalue weighted by atomic mass is 32.2. The molecule has 1 atom stereocenters. The smallest absolute Gasteiger partial charge is 0.266 e. The van der Waals surface area contributed by atoms with Gasteiger partial charge in [0.1, 0.15) is 0 Å². The van der Waals surface area contributed by atoms with Gasteiger partial charge >= 0.3 is 0 Å². The summed E-state index contributed by atoms with van der Waals surface area (Å²) in [6, 6.07) is 15.4. The van der Waals surface area contributed by atoms with Crippen LogP contribution in [0.1, 0.15) is 45.1 Å². The maximum atomic E-state index is 13.3. The van der Waals surface area contributed by atoms with Crippen LogP contribution in [0.25, 0.3) is 16.6 Å². The van der Waals surface area contributed by atoms with E-state index >= 15 is 0 Å². The highest BCUT2D eigenvalue weighted by molar-refractivity contribution is 7.99. The minimum Gasteiger partial charge on any atom is -0.355 e. The summed E-state index contributed by atoms with van der Waals surface area (Å²) in [5, 5.41) is 3.96. The molecule has 152 valence electrons. The van der Waals surface area contributed by atoms with Crippen LogP contribution in [0.3, 0.4) is 0 Å². The summed E-state index contributed by atoms with van der Waals surface area (Å²) in [6.07, 6.45) is 1.95. The number of fused-ring (bicyclic) bond motifs is 1. The molecule has 5 nitrogen and oxygen atoms in total. The Hall–Kier alpha value is -2.60. The third kappa shape index (κ3) is 4.88. The van der Waals surface area contributed by atoms with Gasteiger partial charge in [-0.05, 0) is 48.6 Å². The number of amides is 1. The van der Waals surface area contributed by atoms with Gasteiger partial charge in [0.05, 0.1) is 22.3 Å². The number of nitrogens with zero attached hydrogens (tertiary/aromatic N) is 2. The molecule has 3 aromatic rings. The van der Waals surface area contributed by atoms with E-state index in [-0.39, 0.29) is 17.2 Å². The Bertz CT molecular complexity index is 1040. The Morgan fingerprint density at radius 3 is 2.55 bits per heavy atom. The van der Waals surface area contributed by atoms with Gasteiger partial charge in [-0.3, -0.25) is 14.2 Å². The number of hydrogen-bond donors (Lipinski definition) is 1. The average Bonchev–Trinajstić information content (AvgIpc) is 2.76. The second-order valence-corrected chi connectivity index (χ2v) is 8.03. The first-order valence-corrected chi connectivity index (χ1v) is 11.0. The Labute approximate surface area is 175 Å².